The van der Waals surface area contributed by atoms with Crippen LogP contribution in [0.4, 0.5) is 0 Å². The fraction of sp³-hybridized carbons (Fsp3) is 0.278. The summed E-state index contributed by atoms with van der Waals surface area (Å²) in [5, 5.41) is 3.14. The number of amides is 1. The second kappa shape index (κ2) is 5.12. The van der Waals surface area contributed by atoms with Crippen LogP contribution in [-0.2, 0) is 17.6 Å². The molecule has 2 nitrogen and oxygen atoms in total. The summed E-state index contributed by atoms with van der Waals surface area (Å²) in [5.74, 6) is 0.104. The van der Waals surface area contributed by atoms with Gasteiger partial charge in [0.2, 0.25) is 5.91 Å². The first kappa shape index (κ1) is 12.9. The van der Waals surface area contributed by atoms with Crippen molar-refractivity contribution in [3.63, 3.8) is 0 Å². The number of benzene rings is 2. The van der Waals surface area contributed by atoms with Crippen LogP contribution in [0.3, 0.4) is 0 Å². The molecule has 1 N–H and O–H groups in total. The Morgan fingerprint density at radius 2 is 1.95 bits per heavy atom. The molecule has 1 aliphatic rings. The number of fused-ring (bicyclic) bond motifs is 1. The second-order valence-electron chi connectivity index (χ2n) is 5.64. The number of nitrogens with one attached hydrogen (secondary N) is 1. The Morgan fingerprint density at radius 1 is 1.20 bits per heavy atom. The normalized spacial score (nSPS) is 16.2. The third kappa shape index (κ3) is 2.46. The highest BCUT2D eigenvalue weighted by Gasteiger charge is 2.29. The van der Waals surface area contributed by atoms with Crippen molar-refractivity contribution >= 4 is 5.91 Å². The van der Waals surface area contributed by atoms with E-state index in [1.54, 1.807) is 0 Å². The molecule has 0 radical (unpaired) electrons. The van der Waals surface area contributed by atoms with Gasteiger partial charge in [-0.15, -0.1) is 0 Å². The van der Waals surface area contributed by atoms with Gasteiger partial charge >= 0.3 is 0 Å². The number of rotatable bonds is 3. The van der Waals surface area contributed by atoms with Gasteiger partial charge in [-0.1, -0.05) is 48.0 Å². The summed E-state index contributed by atoms with van der Waals surface area (Å²) >= 11 is 0. The first-order valence-electron chi connectivity index (χ1n) is 7.07. The van der Waals surface area contributed by atoms with Gasteiger partial charge in [0, 0.05) is 0 Å². The van der Waals surface area contributed by atoms with Crippen molar-refractivity contribution in [3.05, 3.63) is 70.3 Å². The number of carbonyl (C=O) groups excluding carboxylic acids is 1. The summed E-state index contributed by atoms with van der Waals surface area (Å²) in [4.78, 5) is 12.1. The van der Waals surface area contributed by atoms with Crippen LogP contribution in [0.1, 0.15) is 33.9 Å². The molecule has 0 saturated heterocycles. The van der Waals surface area contributed by atoms with Crippen molar-refractivity contribution in [2.75, 3.05) is 0 Å². The van der Waals surface area contributed by atoms with Crippen LogP contribution in [0.15, 0.2) is 42.5 Å². The Bertz CT molecular complexity index is 629. The lowest BCUT2D eigenvalue weighted by molar-refractivity contribution is -0.121. The smallest absolute Gasteiger partial charge is 0.224 e. The van der Waals surface area contributed by atoms with Crippen LogP contribution >= 0.6 is 0 Å². The van der Waals surface area contributed by atoms with Crippen LogP contribution in [0.5, 0.6) is 0 Å². The topological polar surface area (TPSA) is 29.1 Å². The molecular formula is C18H19NO. The summed E-state index contributed by atoms with van der Waals surface area (Å²) in [6.07, 6.45) is 1.41. The number of hydrogen-bond acceptors (Lipinski definition) is 1. The van der Waals surface area contributed by atoms with Crippen molar-refractivity contribution in [3.8, 4) is 0 Å². The first-order chi connectivity index (χ1) is 9.63. The zero-order chi connectivity index (χ0) is 14.1. The van der Waals surface area contributed by atoms with Gasteiger partial charge in [-0.25, -0.2) is 0 Å². The Morgan fingerprint density at radius 3 is 2.65 bits per heavy atom. The van der Waals surface area contributed by atoms with E-state index in [9.17, 15) is 4.79 Å². The van der Waals surface area contributed by atoms with Crippen molar-refractivity contribution < 1.29 is 4.79 Å². The van der Waals surface area contributed by atoms with E-state index in [1.165, 1.54) is 22.3 Å². The lowest BCUT2D eigenvalue weighted by Gasteiger charge is -2.33. The lowest BCUT2D eigenvalue weighted by Crippen LogP contribution is -2.37. The minimum absolute atomic E-state index is 0.104. The Hall–Kier alpha value is -2.09. The Kier molecular flexibility index (Phi) is 3.31. The molecule has 1 unspecified atom stereocenters. The average Bonchev–Trinajstić information content (AvgIpc) is 2.36. The molecule has 0 heterocycles. The van der Waals surface area contributed by atoms with Gasteiger partial charge in [0.15, 0.2) is 0 Å². The van der Waals surface area contributed by atoms with E-state index in [0.717, 1.165) is 12.0 Å². The van der Waals surface area contributed by atoms with Crippen molar-refractivity contribution in [2.45, 2.75) is 32.7 Å². The molecule has 2 aromatic rings. The monoisotopic (exact) mass is 265 g/mol. The van der Waals surface area contributed by atoms with Gasteiger partial charge in [0.05, 0.1) is 12.5 Å². The zero-order valence-corrected chi connectivity index (χ0v) is 11.9. The highest BCUT2D eigenvalue weighted by Crippen LogP contribution is 2.36. The van der Waals surface area contributed by atoms with Crippen molar-refractivity contribution in [1.29, 1.82) is 0 Å². The van der Waals surface area contributed by atoms with Crippen LogP contribution in [0, 0.1) is 13.8 Å². The molecule has 2 heteroatoms. The fourth-order valence-electron chi connectivity index (χ4n) is 3.07. The molecular weight excluding hydrogens is 246 g/mol. The molecule has 0 fully saturated rings. The predicted octanol–water partition coefficient (Wildman–Crippen LogP) is 3.26. The quantitative estimate of drug-likeness (QED) is 0.906. The molecule has 2 aromatic carbocycles. The maximum absolute atomic E-state index is 12.1. The summed E-state index contributed by atoms with van der Waals surface area (Å²) in [6.45, 7) is 4.25. The molecule has 3 rings (SSSR count). The SMILES string of the molecule is Cc1cc(C)c2c(c1)CC2NC(=O)Cc1ccccc1. The molecule has 0 aromatic heterocycles. The summed E-state index contributed by atoms with van der Waals surface area (Å²) in [5.41, 5.74) is 6.35. The van der Waals surface area contributed by atoms with Crippen LogP contribution < -0.4 is 5.32 Å². The highest BCUT2D eigenvalue weighted by atomic mass is 16.1. The Balaban J connectivity index is 1.67. The summed E-state index contributed by atoms with van der Waals surface area (Å²) in [6, 6.07) is 14.5. The predicted molar refractivity (Wildman–Crippen MR) is 80.6 cm³/mol. The minimum Gasteiger partial charge on any atom is -0.349 e. The van der Waals surface area contributed by atoms with E-state index in [1.807, 2.05) is 30.3 Å². The molecule has 0 bridgehead atoms. The van der Waals surface area contributed by atoms with E-state index in [4.69, 9.17) is 0 Å². The first-order valence-corrected chi connectivity index (χ1v) is 7.07. The molecule has 0 spiro atoms. The van der Waals surface area contributed by atoms with Gasteiger partial charge in [0.25, 0.3) is 0 Å². The van der Waals surface area contributed by atoms with E-state index in [-0.39, 0.29) is 11.9 Å². The van der Waals surface area contributed by atoms with E-state index < -0.39 is 0 Å². The molecule has 1 aliphatic carbocycles. The summed E-state index contributed by atoms with van der Waals surface area (Å²) < 4.78 is 0. The standard InChI is InChI=1S/C18H19NO/c1-12-8-13(2)18-15(9-12)11-16(18)19-17(20)10-14-6-4-3-5-7-14/h3-9,16H,10-11H2,1-2H3,(H,19,20). The van der Waals surface area contributed by atoms with Crippen LogP contribution in [0.25, 0.3) is 0 Å². The van der Waals surface area contributed by atoms with Crippen LogP contribution in [-0.4, -0.2) is 5.91 Å². The van der Waals surface area contributed by atoms with E-state index in [0.29, 0.717) is 6.42 Å². The number of carbonyl (C=O) groups is 1. The van der Waals surface area contributed by atoms with E-state index in [2.05, 4.69) is 31.3 Å². The highest BCUT2D eigenvalue weighted by molar-refractivity contribution is 5.79. The molecule has 1 atom stereocenters. The zero-order valence-electron chi connectivity index (χ0n) is 11.9. The van der Waals surface area contributed by atoms with Crippen LogP contribution in [0.2, 0.25) is 0 Å². The van der Waals surface area contributed by atoms with Gasteiger partial charge < -0.3 is 5.32 Å². The third-order valence-electron chi connectivity index (χ3n) is 3.93. The minimum atomic E-state index is 0.104. The molecule has 20 heavy (non-hydrogen) atoms. The van der Waals surface area contributed by atoms with Gasteiger partial charge in [-0.05, 0) is 42.5 Å². The largest absolute Gasteiger partial charge is 0.349 e. The van der Waals surface area contributed by atoms with Gasteiger partial charge in [-0.3, -0.25) is 4.79 Å². The molecule has 1 amide bonds. The second-order valence-corrected chi connectivity index (χ2v) is 5.64. The Labute approximate surface area is 119 Å². The molecule has 0 aliphatic heterocycles. The lowest BCUT2D eigenvalue weighted by atomic mass is 9.79. The summed E-state index contributed by atoms with van der Waals surface area (Å²) in [7, 11) is 0. The van der Waals surface area contributed by atoms with Crippen molar-refractivity contribution in [2.24, 2.45) is 0 Å². The maximum Gasteiger partial charge on any atom is 0.224 e. The molecule has 0 saturated carbocycles. The number of hydrogen-bond donors (Lipinski definition) is 1. The third-order valence-corrected chi connectivity index (χ3v) is 3.93. The number of aryl methyl sites for hydroxylation is 2. The fourth-order valence-corrected chi connectivity index (χ4v) is 3.07. The van der Waals surface area contributed by atoms with Gasteiger partial charge in [0.1, 0.15) is 0 Å². The van der Waals surface area contributed by atoms with E-state index >= 15 is 0 Å². The van der Waals surface area contributed by atoms with Gasteiger partial charge in [-0.2, -0.15) is 0 Å². The average molecular weight is 265 g/mol. The maximum atomic E-state index is 12.1. The van der Waals surface area contributed by atoms with Crippen molar-refractivity contribution in [1.82, 2.24) is 5.32 Å². The molecule has 102 valence electrons.